The van der Waals surface area contributed by atoms with Crippen LogP contribution in [0.5, 0.6) is 0 Å². The first-order valence-electron chi connectivity index (χ1n) is 11.1. The van der Waals surface area contributed by atoms with E-state index in [0.29, 0.717) is 30.5 Å². The van der Waals surface area contributed by atoms with E-state index >= 15 is 0 Å². The number of hydrogen-bond donors (Lipinski definition) is 2. The van der Waals surface area contributed by atoms with Crippen LogP contribution in [-0.2, 0) is 27.8 Å². The summed E-state index contributed by atoms with van der Waals surface area (Å²) in [5.74, 6) is -0.656. The van der Waals surface area contributed by atoms with Gasteiger partial charge in [0.05, 0.1) is 32.0 Å². The molecule has 0 aromatic carbocycles. The summed E-state index contributed by atoms with van der Waals surface area (Å²) in [6, 6.07) is 0. The van der Waals surface area contributed by atoms with Crippen molar-refractivity contribution in [3.63, 3.8) is 0 Å². The zero-order valence-electron chi connectivity index (χ0n) is 19.8. The molecule has 0 radical (unpaired) electrons. The van der Waals surface area contributed by atoms with Crippen LogP contribution in [0.15, 0.2) is 15.8 Å². The first-order valence-corrected chi connectivity index (χ1v) is 13.7. The summed E-state index contributed by atoms with van der Waals surface area (Å²) in [5, 5.41) is 11.0. The van der Waals surface area contributed by atoms with Crippen molar-refractivity contribution >= 4 is 23.7 Å². The molecule has 0 amide bonds. The number of hydrogen-bond acceptors (Lipinski definition) is 9. The highest BCUT2D eigenvalue weighted by molar-refractivity contribution is 9.09. The highest BCUT2D eigenvalue weighted by atomic mass is 79.9. The molecule has 2 fully saturated rings. The maximum absolute atomic E-state index is 13.5. The molecule has 34 heavy (non-hydrogen) atoms. The Bertz CT molecular complexity index is 1000. The minimum atomic E-state index is -3.71. The Balaban J connectivity index is 1.60. The topological polar surface area (TPSA) is 142 Å². The van der Waals surface area contributed by atoms with Crippen molar-refractivity contribution in [1.29, 1.82) is 0 Å². The largest absolute Gasteiger partial charge is 0.408 e. The van der Waals surface area contributed by atoms with Crippen LogP contribution in [0.1, 0.15) is 38.5 Å². The van der Waals surface area contributed by atoms with Gasteiger partial charge in [0.1, 0.15) is 12.3 Å². The SMILES string of the molecule is Cc1cn([C@H]2C[C@H](O)[C@@H](COP(=O)(OCCC3COC(C)(C)O3)N(C)CCBr)O2)c(=O)[nH]c1=O. The van der Waals surface area contributed by atoms with Gasteiger partial charge in [0.15, 0.2) is 5.79 Å². The summed E-state index contributed by atoms with van der Waals surface area (Å²) in [6.07, 6.45) is -0.819. The van der Waals surface area contributed by atoms with Crippen molar-refractivity contribution in [2.24, 2.45) is 0 Å². The monoisotopic (exact) mass is 569 g/mol. The number of alkyl halides is 1. The number of H-pyrrole nitrogens is 1. The molecule has 0 aliphatic carbocycles. The highest BCUT2D eigenvalue weighted by Crippen LogP contribution is 2.51. The quantitative estimate of drug-likeness (QED) is 0.297. The maximum atomic E-state index is 13.5. The van der Waals surface area contributed by atoms with Crippen LogP contribution in [0, 0.1) is 6.92 Å². The van der Waals surface area contributed by atoms with E-state index in [9.17, 15) is 19.3 Å². The Morgan fingerprint density at radius 2 is 2.12 bits per heavy atom. The molecule has 0 saturated carbocycles. The Kier molecular flexibility index (Phi) is 9.32. The van der Waals surface area contributed by atoms with E-state index < -0.39 is 43.2 Å². The summed E-state index contributed by atoms with van der Waals surface area (Å²) in [6.45, 7) is 5.95. The number of rotatable bonds is 11. The summed E-state index contributed by atoms with van der Waals surface area (Å²) in [5.41, 5.74) is -0.779. The van der Waals surface area contributed by atoms with Gasteiger partial charge in [0.25, 0.3) is 5.56 Å². The second kappa shape index (κ2) is 11.4. The minimum Gasteiger partial charge on any atom is -0.390 e. The number of aliphatic hydroxyl groups excluding tert-OH is 1. The third-order valence-electron chi connectivity index (χ3n) is 5.65. The number of ether oxygens (including phenoxy) is 3. The number of aryl methyl sites for hydroxylation is 1. The fraction of sp³-hybridized carbons (Fsp3) is 0.800. The van der Waals surface area contributed by atoms with Gasteiger partial charge in [0.2, 0.25) is 0 Å². The van der Waals surface area contributed by atoms with Crippen molar-refractivity contribution in [3.05, 3.63) is 32.6 Å². The van der Waals surface area contributed by atoms with Gasteiger partial charge < -0.3 is 19.3 Å². The Labute approximate surface area is 206 Å². The molecule has 2 aliphatic rings. The molecule has 14 heteroatoms. The van der Waals surface area contributed by atoms with Crippen LogP contribution >= 0.6 is 23.7 Å². The zero-order valence-corrected chi connectivity index (χ0v) is 22.2. The van der Waals surface area contributed by atoms with Gasteiger partial charge in [-0.1, -0.05) is 15.9 Å². The van der Waals surface area contributed by atoms with Crippen LogP contribution in [0.4, 0.5) is 0 Å². The van der Waals surface area contributed by atoms with E-state index in [1.807, 2.05) is 13.8 Å². The van der Waals surface area contributed by atoms with Crippen LogP contribution in [0.3, 0.4) is 0 Å². The number of aromatic nitrogens is 2. The standard InChI is InChI=1S/C20H33BrN3O9P/c1-13-10-24(19(27)22-18(13)26)17-9-15(25)16(32-17)12-31-34(28,23(4)7-6-21)30-8-5-14-11-29-20(2,3)33-14/h10,14-17,25H,5-9,11-12H2,1-4H3,(H,22,26,27)/t14?,15-,16+,17+,34?/m0/s1. The molecule has 3 heterocycles. The molecule has 5 atom stereocenters. The normalized spacial score (nSPS) is 28.4. The summed E-state index contributed by atoms with van der Waals surface area (Å²) in [4.78, 5) is 26.0. The van der Waals surface area contributed by atoms with E-state index in [2.05, 4.69) is 20.9 Å². The van der Waals surface area contributed by atoms with Gasteiger partial charge in [-0.15, -0.1) is 0 Å². The molecular weight excluding hydrogens is 537 g/mol. The molecule has 2 N–H and O–H groups in total. The van der Waals surface area contributed by atoms with Crippen molar-refractivity contribution in [2.75, 3.05) is 38.7 Å². The first kappa shape index (κ1) is 27.7. The molecule has 2 unspecified atom stereocenters. The first-order chi connectivity index (χ1) is 15.9. The lowest BCUT2D eigenvalue weighted by molar-refractivity contribution is -0.139. The van der Waals surface area contributed by atoms with Gasteiger partial charge in [-0.2, -0.15) is 0 Å². The van der Waals surface area contributed by atoms with E-state index in [4.69, 9.17) is 23.3 Å². The van der Waals surface area contributed by atoms with Crippen molar-refractivity contribution in [2.45, 2.75) is 63.9 Å². The Hall–Kier alpha value is -0.890. The van der Waals surface area contributed by atoms with Crippen molar-refractivity contribution in [3.8, 4) is 0 Å². The average Bonchev–Trinajstić information content (AvgIpc) is 3.30. The predicted octanol–water partition coefficient (Wildman–Crippen LogP) is 1.50. The number of nitrogens with zero attached hydrogens (tertiary/aromatic N) is 2. The predicted molar refractivity (Wildman–Crippen MR) is 126 cm³/mol. The fourth-order valence-corrected chi connectivity index (χ4v) is 5.98. The molecule has 1 aromatic heterocycles. The third kappa shape index (κ3) is 6.86. The highest BCUT2D eigenvalue weighted by Gasteiger charge is 2.40. The van der Waals surface area contributed by atoms with E-state index in [1.165, 1.54) is 15.4 Å². The molecule has 1 aromatic rings. The minimum absolute atomic E-state index is 0.108. The smallest absolute Gasteiger partial charge is 0.390 e. The van der Waals surface area contributed by atoms with Crippen molar-refractivity contribution < 1.29 is 32.9 Å². The number of aromatic amines is 1. The molecule has 3 rings (SSSR count). The van der Waals surface area contributed by atoms with Gasteiger partial charge >= 0.3 is 13.4 Å². The van der Waals surface area contributed by atoms with Gasteiger partial charge in [-0.05, 0) is 34.2 Å². The molecule has 12 nitrogen and oxygen atoms in total. The fourth-order valence-electron chi connectivity index (χ4n) is 3.69. The molecule has 2 saturated heterocycles. The molecule has 0 spiro atoms. The van der Waals surface area contributed by atoms with Gasteiger partial charge in [-0.25, -0.2) is 14.0 Å². The van der Waals surface area contributed by atoms with E-state index in [0.717, 1.165) is 0 Å². The van der Waals surface area contributed by atoms with Crippen LogP contribution in [0.25, 0.3) is 0 Å². The molecule has 2 aliphatic heterocycles. The lowest BCUT2D eigenvalue weighted by Gasteiger charge is -2.28. The second-order valence-electron chi connectivity index (χ2n) is 8.82. The van der Waals surface area contributed by atoms with Gasteiger partial charge in [0, 0.05) is 30.1 Å². The van der Waals surface area contributed by atoms with E-state index in [-0.39, 0.29) is 25.7 Å². The third-order valence-corrected chi connectivity index (χ3v) is 8.03. The average molecular weight is 570 g/mol. The van der Waals surface area contributed by atoms with Crippen LogP contribution in [0.2, 0.25) is 0 Å². The number of aliphatic hydroxyl groups is 1. The molecule has 0 bridgehead atoms. The zero-order chi connectivity index (χ0) is 25.1. The lowest BCUT2D eigenvalue weighted by Crippen LogP contribution is -2.33. The van der Waals surface area contributed by atoms with Crippen LogP contribution < -0.4 is 11.2 Å². The lowest BCUT2D eigenvalue weighted by atomic mass is 10.2. The van der Waals surface area contributed by atoms with Crippen molar-refractivity contribution in [1.82, 2.24) is 14.2 Å². The summed E-state index contributed by atoms with van der Waals surface area (Å²) >= 11 is 3.32. The second-order valence-corrected chi connectivity index (χ2v) is 11.7. The van der Waals surface area contributed by atoms with E-state index in [1.54, 1.807) is 14.0 Å². The number of nitrogens with one attached hydrogen (secondary N) is 1. The summed E-state index contributed by atoms with van der Waals surface area (Å²) in [7, 11) is -2.09. The van der Waals surface area contributed by atoms with Crippen LogP contribution in [-0.4, -0.2) is 82.2 Å². The van der Waals surface area contributed by atoms with Gasteiger partial charge in [-0.3, -0.25) is 23.4 Å². The molecule has 194 valence electrons. The summed E-state index contributed by atoms with van der Waals surface area (Å²) < 4.78 is 44.7. The number of halogens is 1. The maximum Gasteiger partial charge on any atom is 0.408 e. The Morgan fingerprint density at radius 1 is 1.38 bits per heavy atom. The molecular formula is C20H33BrN3O9P. The Morgan fingerprint density at radius 3 is 2.76 bits per heavy atom.